The highest BCUT2D eigenvalue weighted by Gasteiger charge is 2.11. The Labute approximate surface area is 162 Å². The lowest BCUT2D eigenvalue weighted by Crippen LogP contribution is -2.17. The van der Waals surface area contributed by atoms with E-state index in [1.165, 1.54) is 0 Å². The summed E-state index contributed by atoms with van der Waals surface area (Å²) in [4.78, 5) is 0. The van der Waals surface area contributed by atoms with Crippen molar-refractivity contribution in [2.45, 2.75) is 71.3 Å². The average molecular weight is 361 g/mol. The van der Waals surface area contributed by atoms with E-state index in [9.17, 15) is 5.11 Å². The molecule has 0 aliphatic carbocycles. The number of hydrogen-bond donors (Lipinski definition) is 1. The van der Waals surface area contributed by atoms with Gasteiger partial charge >= 0.3 is 0 Å². The zero-order chi connectivity index (χ0) is 19.3. The van der Waals surface area contributed by atoms with Crippen LogP contribution in [0.4, 0.5) is 0 Å². The maximum atomic E-state index is 10.0. The van der Waals surface area contributed by atoms with Gasteiger partial charge in [-0.1, -0.05) is 74.6 Å². The van der Waals surface area contributed by atoms with Gasteiger partial charge in [-0.2, -0.15) is 0 Å². The lowest BCUT2D eigenvalue weighted by molar-refractivity contribution is 0.0933. The molecule has 0 saturated heterocycles. The van der Waals surface area contributed by atoms with E-state index in [1.54, 1.807) is 7.11 Å². The van der Waals surface area contributed by atoms with Crippen molar-refractivity contribution in [1.82, 2.24) is 0 Å². The summed E-state index contributed by atoms with van der Waals surface area (Å²) in [6, 6.07) is 0. The third-order valence-corrected chi connectivity index (χ3v) is 4.17. The molecular formula is C24H40O2. The van der Waals surface area contributed by atoms with E-state index in [1.807, 2.05) is 0 Å². The van der Waals surface area contributed by atoms with Crippen molar-refractivity contribution in [2.75, 3.05) is 13.7 Å². The molecule has 0 aromatic rings. The number of methoxy groups -OCH3 is 1. The Morgan fingerprint density at radius 1 is 0.769 bits per heavy atom. The molecular weight excluding hydrogens is 320 g/mol. The molecule has 26 heavy (non-hydrogen) atoms. The topological polar surface area (TPSA) is 29.5 Å². The Morgan fingerprint density at radius 3 is 1.69 bits per heavy atom. The normalized spacial score (nSPS) is 15.4. The Balaban J connectivity index is 3.65. The van der Waals surface area contributed by atoms with Gasteiger partial charge in [-0.3, -0.25) is 0 Å². The SMILES string of the molecule is CC/C=C\C/C=C\C/C=C\C/C=C\C/C=C\CC(C)C(O)CCCOC. The largest absolute Gasteiger partial charge is 0.393 e. The lowest BCUT2D eigenvalue weighted by Gasteiger charge is -2.16. The van der Waals surface area contributed by atoms with Crippen LogP contribution in [-0.4, -0.2) is 24.9 Å². The van der Waals surface area contributed by atoms with Crippen molar-refractivity contribution in [3.8, 4) is 0 Å². The van der Waals surface area contributed by atoms with Gasteiger partial charge in [0, 0.05) is 13.7 Å². The van der Waals surface area contributed by atoms with E-state index in [2.05, 4.69) is 74.6 Å². The lowest BCUT2D eigenvalue weighted by atomic mass is 9.97. The van der Waals surface area contributed by atoms with Gasteiger partial charge in [-0.25, -0.2) is 0 Å². The van der Waals surface area contributed by atoms with E-state index in [0.717, 1.165) is 58.0 Å². The fraction of sp³-hybridized carbons (Fsp3) is 0.583. The average Bonchev–Trinajstić information content (AvgIpc) is 2.64. The molecule has 0 saturated carbocycles. The quantitative estimate of drug-likeness (QED) is 0.250. The zero-order valence-electron chi connectivity index (χ0n) is 17.1. The van der Waals surface area contributed by atoms with Crippen LogP contribution < -0.4 is 0 Å². The molecule has 0 aliphatic rings. The van der Waals surface area contributed by atoms with Crippen LogP contribution in [0.3, 0.4) is 0 Å². The molecule has 0 aliphatic heterocycles. The third-order valence-electron chi connectivity index (χ3n) is 4.17. The zero-order valence-corrected chi connectivity index (χ0v) is 17.1. The first kappa shape index (κ1) is 24.6. The summed E-state index contributed by atoms with van der Waals surface area (Å²) in [6.07, 6.45) is 29.6. The van der Waals surface area contributed by atoms with Gasteiger partial charge in [0.25, 0.3) is 0 Å². The van der Waals surface area contributed by atoms with Crippen LogP contribution in [0.5, 0.6) is 0 Å². The molecule has 0 radical (unpaired) electrons. The summed E-state index contributed by atoms with van der Waals surface area (Å²) < 4.78 is 5.02. The second-order valence-electron chi connectivity index (χ2n) is 6.62. The number of aliphatic hydroxyl groups is 1. The van der Waals surface area contributed by atoms with Gasteiger partial charge in [0.1, 0.15) is 0 Å². The van der Waals surface area contributed by atoms with E-state index in [0.29, 0.717) is 5.92 Å². The molecule has 2 heteroatoms. The standard InChI is InChI=1S/C24H40O2/c1-4-5-6-7-8-9-10-11-12-13-14-15-16-17-18-20-23(2)24(25)21-19-22-26-3/h5-6,8-9,11-12,14-15,17-18,23-25H,4,7,10,13,16,19-22H2,1-3H3/b6-5-,9-8-,12-11-,15-14-,18-17-. The summed E-state index contributed by atoms with van der Waals surface area (Å²) in [6.45, 7) is 4.99. The van der Waals surface area contributed by atoms with Crippen molar-refractivity contribution in [3.05, 3.63) is 60.8 Å². The third kappa shape index (κ3) is 17.4. The monoisotopic (exact) mass is 360 g/mol. The van der Waals surface area contributed by atoms with Gasteiger partial charge in [0.2, 0.25) is 0 Å². The predicted octanol–water partition coefficient (Wildman–Crippen LogP) is 6.55. The molecule has 0 fully saturated rings. The van der Waals surface area contributed by atoms with Crippen molar-refractivity contribution in [3.63, 3.8) is 0 Å². The van der Waals surface area contributed by atoms with Crippen LogP contribution in [0.1, 0.15) is 65.2 Å². The Morgan fingerprint density at radius 2 is 1.23 bits per heavy atom. The Bertz CT molecular complexity index is 429. The van der Waals surface area contributed by atoms with Crippen LogP contribution in [0.15, 0.2) is 60.8 Å². The first-order valence-corrected chi connectivity index (χ1v) is 10.1. The predicted molar refractivity (Wildman–Crippen MR) is 115 cm³/mol. The smallest absolute Gasteiger partial charge is 0.0569 e. The molecule has 1 N–H and O–H groups in total. The fourth-order valence-corrected chi connectivity index (χ4v) is 2.44. The fourth-order valence-electron chi connectivity index (χ4n) is 2.44. The highest BCUT2D eigenvalue weighted by Crippen LogP contribution is 2.14. The van der Waals surface area contributed by atoms with Crippen LogP contribution >= 0.6 is 0 Å². The number of allylic oxidation sites excluding steroid dienone is 10. The molecule has 0 heterocycles. The first-order valence-electron chi connectivity index (χ1n) is 10.1. The summed E-state index contributed by atoms with van der Waals surface area (Å²) in [5.41, 5.74) is 0. The highest BCUT2D eigenvalue weighted by molar-refractivity contribution is 5.00. The number of rotatable bonds is 16. The molecule has 0 aromatic carbocycles. The molecule has 0 rings (SSSR count). The molecule has 0 bridgehead atoms. The molecule has 148 valence electrons. The minimum Gasteiger partial charge on any atom is -0.393 e. The van der Waals surface area contributed by atoms with Crippen LogP contribution in [-0.2, 0) is 4.74 Å². The Hall–Kier alpha value is -1.38. The summed E-state index contributed by atoms with van der Waals surface area (Å²) >= 11 is 0. The number of hydrogen-bond acceptors (Lipinski definition) is 2. The summed E-state index contributed by atoms with van der Waals surface area (Å²) in [5.74, 6) is 0.306. The van der Waals surface area contributed by atoms with Crippen LogP contribution in [0.25, 0.3) is 0 Å². The van der Waals surface area contributed by atoms with Crippen molar-refractivity contribution >= 4 is 0 Å². The molecule has 2 nitrogen and oxygen atoms in total. The summed E-state index contributed by atoms with van der Waals surface area (Å²) in [5, 5.41) is 10.0. The van der Waals surface area contributed by atoms with Gasteiger partial charge in [0.05, 0.1) is 6.10 Å². The van der Waals surface area contributed by atoms with Crippen LogP contribution in [0, 0.1) is 5.92 Å². The molecule has 0 spiro atoms. The molecule has 0 aromatic heterocycles. The molecule has 2 unspecified atom stereocenters. The molecule has 0 amide bonds. The van der Waals surface area contributed by atoms with Crippen molar-refractivity contribution in [2.24, 2.45) is 5.92 Å². The van der Waals surface area contributed by atoms with E-state index < -0.39 is 0 Å². The minimum absolute atomic E-state index is 0.229. The van der Waals surface area contributed by atoms with Gasteiger partial charge in [-0.15, -0.1) is 0 Å². The van der Waals surface area contributed by atoms with E-state index >= 15 is 0 Å². The second kappa shape index (κ2) is 19.9. The van der Waals surface area contributed by atoms with Gasteiger partial charge in [0.15, 0.2) is 0 Å². The van der Waals surface area contributed by atoms with Crippen molar-refractivity contribution in [1.29, 1.82) is 0 Å². The first-order chi connectivity index (χ1) is 12.7. The van der Waals surface area contributed by atoms with Gasteiger partial charge < -0.3 is 9.84 Å². The second-order valence-corrected chi connectivity index (χ2v) is 6.62. The maximum Gasteiger partial charge on any atom is 0.0569 e. The summed E-state index contributed by atoms with van der Waals surface area (Å²) in [7, 11) is 1.70. The minimum atomic E-state index is -0.229. The van der Waals surface area contributed by atoms with E-state index in [4.69, 9.17) is 4.74 Å². The number of ether oxygens (including phenoxy) is 1. The molecule has 2 atom stereocenters. The highest BCUT2D eigenvalue weighted by atomic mass is 16.5. The number of aliphatic hydroxyl groups excluding tert-OH is 1. The van der Waals surface area contributed by atoms with Crippen LogP contribution in [0.2, 0.25) is 0 Å². The van der Waals surface area contributed by atoms with Crippen molar-refractivity contribution < 1.29 is 9.84 Å². The Kier molecular flexibility index (Phi) is 18.9. The van der Waals surface area contributed by atoms with Gasteiger partial charge in [-0.05, 0) is 57.3 Å². The van der Waals surface area contributed by atoms with E-state index in [-0.39, 0.29) is 6.10 Å². The maximum absolute atomic E-state index is 10.0.